The van der Waals surface area contributed by atoms with Crippen LogP contribution in [0.2, 0.25) is 0 Å². The van der Waals surface area contributed by atoms with E-state index in [0.29, 0.717) is 39.0 Å². The smallest absolute Gasteiger partial charge is 0.308 e. The SMILES string of the molecule is CNCCNS(=O)(=O)N1CCC(C(=O)OC)CC1. The van der Waals surface area contributed by atoms with Crippen LogP contribution < -0.4 is 10.0 Å². The number of nitrogens with zero attached hydrogens (tertiary/aromatic N) is 1. The van der Waals surface area contributed by atoms with Gasteiger partial charge in [-0.3, -0.25) is 4.79 Å². The number of ether oxygens (including phenoxy) is 1. The Hall–Kier alpha value is -0.700. The van der Waals surface area contributed by atoms with Crippen molar-refractivity contribution in [3.05, 3.63) is 0 Å². The van der Waals surface area contributed by atoms with E-state index in [-0.39, 0.29) is 11.9 Å². The van der Waals surface area contributed by atoms with Crippen molar-refractivity contribution in [3.8, 4) is 0 Å². The fourth-order valence-corrected chi connectivity index (χ4v) is 3.13. The third kappa shape index (κ3) is 4.20. The molecule has 1 aliphatic rings. The first-order chi connectivity index (χ1) is 8.51. The van der Waals surface area contributed by atoms with Crippen molar-refractivity contribution in [1.82, 2.24) is 14.3 Å². The van der Waals surface area contributed by atoms with Gasteiger partial charge in [0.2, 0.25) is 0 Å². The summed E-state index contributed by atoms with van der Waals surface area (Å²) in [6.45, 7) is 1.65. The van der Waals surface area contributed by atoms with Crippen LogP contribution in [-0.2, 0) is 19.7 Å². The Balaban J connectivity index is 2.44. The molecule has 1 fully saturated rings. The molecule has 1 rings (SSSR count). The van der Waals surface area contributed by atoms with E-state index in [1.54, 1.807) is 7.05 Å². The summed E-state index contributed by atoms with van der Waals surface area (Å²) in [5.74, 6) is -0.436. The summed E-state index contributed by atoms with van der Waals surface area (Å²) >= 11 is 0. The molecule has 0 radical (unpaired) electrons. The summed E-state index contributed by atoms with van der Waals surface area (Å²) in [6, 6.07) is 0. The molecular weight excluding hydrogens is 258 g/mol. The second-order valence-electron chi connectivity index (χ2n) is 4.20. The highest BCUT2D eigenvalue weighted by Gasteiger charge is 2.31. The fourth-order valence-electron chi connectivity index (χ4n) is 1.89. The second kappa shape index (κ2) is 7.03. The molecular formula is C10H21N3O4S. The van der Waals surface area contributed by atoms with E-state index < -0.39 is 10.2 Å². The van der Waals surface area contributed by atoms with Crippen molar-refractivity contribution in [2.75, 3.05) is 40.3 Å². The highest BCUT2D eigenvalue weighted by atomic mass is 32.2. The molecule has 0 amide bonds. The molecule has 0 aromatic carbocycles. The maximum Gasteiger partial charge on any atom is 0.308 e. The highest BCUT2D eigenvalue weighted by Crippen LogP contribution is 2.19. The van der Waals surface area contributed by atoms with E-state index in [4.69, 9.17) is 0 Å². The minimum absolute atomic E-state index is 0.182. The average Bonchev–Trinajstić information content (AvgIpc) is 2.38. The molecule has 0 unspecified atom stereocenters. The molecule has 0 saturated carbocycles. The van der Waals surface area contributed by atoms with Crippen LogP contribution in [0.4, 0.5) is 0 Å². The molecule has 2 N–H and O–H groups in total. The highest BCUT2D eigenvalue weighted by molar-refractivity contribution is 7.87. The zero-order valence-corrected chi connectivity index (χ0v) is 11.6. The maximum atomic E-state index is 11.9. The monoisotopic (exact) mass is 279 g/mol. The van der Waals surface area contributed by atoms with Crippen LogP contribution in [0.1, 0.15) is 12.8 Å². The molecule has 0 spiro atoms. The third-order valence-corrected chi connectivity index (χ3v) is 4.60. The first kappa shape index (κ1) is 15.4. The Bertz CT molecular complexity index is 363. The van der Waals surface area contributed by atoms with Gasteiger partial charge in [0.25, 0.3) is 10.2 Å². The topological polar surface area (TPSA) is 87.7 Å². The third-order valence-electron chi connectivity index (χ3n) is 2.99. The maximum absolute atomic E-state index is 11.9. The summed E-state index contributed by atoms with van der Waals surface area (Å²) in [4.78, 5) is 11.3. The predicted molar refractivity (Wildman–Crippen MR) is 67.2 cm³/mol. The predicted octanol–water partition coefficient (Wildman–Crippen LogP) is -1.07. The molecule has 1 saturated heterocycles. The van der Waals surface area contributed by atoms with E-state index in [1.165, 1.54) is 11.4 Å². The Labute approximate surface area is 108 Å². The zero-order chi connectivity index (χ0) is 13.6. The van der Waals surface area contributed by atoms with Crippen molar-refractivity contribution in [2.45, 2.75) is 12.8 Å². The number of hydrogen-bond donors (Lipinski definition) is 2. The molecule has 0 aromatic heterocycles. The van der Waals surface area contributed by atoms with Crippen LogP contribution in [0.3, 0.4) is 0 Å². The number of rotatable bonds is 6. The molecule has 0 aromatic rings. The van der Waals surface area contributed by atoms with Crippen LogP contribution in [0, 0.1) is 5.92 Å². The molecule has 0 bridgehead atoms. The summed E-state index contributed by atoms with van der Waals surface area (Å²) in [5, 5.41) is 2.87. The minimum atomic E-state index is -3.42. The van der Waals surface area contributed by atoms with Crippen molar-refractivity contribution < 1.29 is 17.9 Å². The molecule has 1 heterocycles. The van der Waals surface area contributed by atoms with E-state index in [1.807, 2.05) is 0 Å². The summed E-state index contributed by atoms with van der Waals surface area (Å²) in [6.07, 6.45) is 1.03. The quantitative estimate of drug-likeness (QED) is 0.477. The van der Waals surface area contributed by atoms with Crippen molar-refractivity contribution in [1.29, 1.82) is 0 Å². The minimum Gasteiger partial charge on any atom is -0.469 e. The Morgan fingerprint density at radius 3 is 2.44 bits per heavy atom. The zero-order valence-electron chi connectivity index (χ0n) is 10.8. The van der Waals surface area contributed by atoms with Gasteiger partial charge in [-0.2, -0.15) is 12.7 Å². The normalized spacial score (nSPS) is 18.8. The number of piperidine rings is 1. The van der Waals surface area contributed by atoms with E-state index >= 15 is 0 Å². The first-order valence-electron chi connectivity index (χ1n) is 5.98. The fraction of sp³-hybridized carbons (Fsp3) is 0.900. The average molecular weight is 279 g/mol. The lowest BCUT2D eigenvalue weighted by molar-refractivity contribution is -0.146. The molecule has 8 heteroatoms. The Kier molecular flexibility index (Phi) is 6.00. The molecule has 18 heavy (non-hydrogen) atoms. The second-order valence-corrected chi connectivity index (χ2v) is 5.95. The van der Waals surface area contributed by atoms with Crippen LogP contribution in [0.25, 0.3) is 0 Å². The number of methoxy groups -OCH3 is 1. The number of hydrogen-bond acceptors (Lipinski definition) is 5. The van der Waals surface area contributed by atoms with Gasteiger partial charge in [0.05, 0.1) is 13.0 Å². The lowest BCUT2D eigenvalue weighted by Crippen LogP contribution is -2.47. The van der Waals surface area contributed by atoms with Gasteiger partial charge in [-0.15, -0.1) is 0 Å². The van der Waals surface area contributed by atoms with Crippen LogP contribution in [0.15, 0.2) is 0 Å². The Morgan fingerprint density at radius 2 is 1.94 bits per heavy atom. The van der Waals surface area contributed by atoms with Gasteiger partial charge in [-0.05, 0) is 19.9 Å². The van der Waals surface area contributed by atoms with Gasteiger partial charge >= 0.3 is 5.97 Å². The molecule has 7 nitrogen and oxygen atoms in total. The van der Waals surface area contributed by atoms with Crippen LogP contribution in [-0.4, -0.2) is 59.0 Å². The lowest BCUT2D eigenvalue weighted by atomic mass is 9.99. The molecule has 1 aliphatic heterocycles. The van der Waals surface area contributed by atoms with Crippen LogP contribution in [0.5, 0.6) is 0 Å². The van der Waals surface area contributed by atoms with Gasteiger partial charge in [-0.25, -0.2) is 4.72 Å². The number of esters is 1. The van der Waals surface area contributed by atoms with Gasteiger partial charge in [-0.1, -0.05) is 0 Å². The lowest BCUT2D eigenvalue weighted by Gasteiger charge is -2.29. The molecule has 0 aliphatic carbocycles. The summed E-state index contributed by atoms with van der Waals surface area (Å²) in [7, 11) is -0.308. The summed E-state index contributed by atoms with van der Waals surface area (Å²) < 4.78 is 32.3. The standard InChI is InChI=1S/C10H21N3O4S/c1-11-5-6-12-18(15,16)13-7-3-9(4-8-13)10(14)17-2/h9,11-12H,3-8H2,1-2H3. The van der Waals surface area contributed by atoms with Crippen molar-refractivity contribution in [3.63, 3.8) is 0 Å². The van der Waals surface area contributed by atoms with Crippen molar-refractivity contribution >= 4 is 16.2 Å². The number of likely N-dealkylation sites (N-methyl/N-ethyl adjacent to an activating group) is 1. The van der Waals surface area contributed by atoms with Gasteiger partial charge < -0.3 is 10.1 Å². The van der Waals surface area contributed by atoms with E-state index in [9.17, 15) is 13.2 Å². The number of carbonyl (C=O) groups excluding carboxylic acids is 1. The van der Waals surface area contributed by atoms with Crippen LogP contribution >= 0.6 is 0 Å². The van der Waals surface area contributed by atoms with E-state index in [0.717, 1.165) is 0 Å². The van der Waals surface area contributed by atoms with Gasteiger partial charge in [0.1, 0.15) is 0 Å². The van der Waals surface area contributed by atoms with Crippen molar-refractivity contribution in [2.24, 2.45) is 5.92 Å². The van der Waals surface area contributed by atoms with Gasteiger partial charge in [0, 0.05) is 26.2 Å². The first-order valence-corrected chi connectivity index (χ1v) is 7.42. The molecule has 106 valence electrons. The Morgan fingerprint density at radius 1 is 1.33 bits per heavy atom. The largest absolute Gasteiger partial charge is 0.469 e. The van der Waals surface area contributed by atoms with E-state index in [2.05, 4.69) is 14.8 Å². The number of carbonyl (C=O) groups is 1. The van der Waals surface area contributed by atoms with Gasteiger partial charge in [0.15, 0.2) is 0 Å². The molecule has 0 atom stereocenters. The number of nitrogens with one attached hydrogen (secondary N) is 2. The summed E-state index contributed by atoms with van der Waals surface area (Å²) in [5.41, 5.74) is 0.